The first-order chi connectivity index (χ1) is 8.37. The topological polar surface area (TPSA) is 89.7 Å². The van der Waals surface area contributed by atoms with E-state index in [1.807, 2.05) is 0 Å². The van der Waals surface area contributed by atoms with Crippen LogP contribution in [-0.2, 0) is 19.6 Å². The van der Waals surface area contributed by atoms with Crippen molar-refractivity contribution >= 4 is 38.9 Å². The Bertz CT molecular complexity index is 514. The van der Waals surface area contributed by atoms with Gasteiger partial charge in [-0.3, -0.25) is 4.79 Å². The van der Waals surface area contributed by atoms with Crippen molar-refractivity contribution in [2.75, 3.05) is 26.8 Å². The Hall–Kier alpha value is -0.670. The van der Waals surface area contributed by atoms with E-state index in [0.717, 1.165) is 15.6 Å². The van der Waals surface area contributed by atoms with Crippen molar-refractivity contribution in [1.82, 2.24) is 4.31 Å². The van der Waals surface area contributed by atoms with Gasteiger partial charge in [0, 0.05) is 13.7 Å². The summed E-state index contributed by atoms with van der Waals surface area (Å²) in [6, 6.07) is 2.88. The fourth-order valence-corrected chi connectivity index (χ4v) is 4.24. The van der Waals surface area contributed by atoms with Gasteiger partial charge in [-0.2, -0.15) is 4.31 Å². The van der Waals surface area contributed by atoms with Crippen molar-refractivity contribution in [3.63, 3.8) is 0 Å². The SMILES string of the molecule is COCCN(CC(N)=O)S(=O)(=O)c1ccc(Cl)s1. The highest BCUT2D eigenvalue weighted by Gasteiger charge is 2.27. The Morgan fingerprint density at radius 3 is 2.67 bits per heavy atom. The zero-order chi connectivity index (χ0) is 13.8. The molecule has 0 unspecified atom stereocenters. The maximum Gasteiger partial charge on any atom is 0.253 e. The van der Waals surface area contributed by atoms with Crippen molar-refractivity contribution < 1.29 is 17.9 Å². The average Bonchev–Trinajstić information content (AvgIpc) is 2.71. The van der Waals surface area contributed by atoms with Crippen LogP contribution in [0.4, 0.5) is 0 Å². The highest BCUT2D eigenvalue weighted by atomic mass is 35.5. The summed E-state index contributed by atoms with van der Waals surface area (Å²) in [5, 5.41) is 0. The lowest BCUT2D eigenvalue weighted by Crippen LogP contribution is -2.40. The van der Waals surface area contributed by atoms with Crippen LogP contribution in [0.25, 0.3) is 0 Å². The number of nitrogens with two attached hydrogens (primary N) is 1. The molecular formula is C9H13ClN2O4S2. The highest BCUT2D eigenvalue weighted by Crippen LogP contribution is 2.27. The van der Waals surface area contributed by atoms with E-state index in [4.69, 9.17) is 22.1 Å². The minimum absolute atomic E-state index is 0.0529. The van der Waals surface area contributed by atoms with Gasteiger partial charge in [-0.15, -0.1) is 11.3 Å². The van der Waals surface area contributed by atoms with E-state index >= 15 is 0 Å². The van der Waals surface area contributed by atoms with Crippen molar-refractivity contribution in [2.45, 2.75) is 4.21 Å². The minimum Gasteiger partial charge on any atom is -0.383 e. The monoisotopic (exact) mass is 312 g/mol. The summed E-state index contributed by atoms with van der Waals surface area (Å²) in [6.45, 7) is -0.163. The smallest absolute Gasteiger partial charge is 0.253 e. The van der Waals surface area contributed by atoms with Gasteiger partial charge in [0.05, 0.1) is 17.5 Å². The number of ether oxygens (including phenoxy) is 1. The predicted molar refractivity (Wildman–Crippen MR) is 69.2 cm³/mol. The second-order valence-electron chi connectivity index (χ2n) is 3.36. The van der Waals surface area contributed by atoms with Crippen LogP contribution < -0.4 is 5.73 Å². The van der Waals surface area contributed by atoms with Crippen LogP contribution in [0.3, 0.4) is 0 Å². The zero-order valence-corrected chi connectivity index (χ0v) is 12.0. The van der Waals surface area contributed by atoms with Crippen LogP contribution in [0.2, 0.25) is 4.34 Å². The maximum atomic E-state index is 12.2. The normalized spacial score (nSPS) is 11.9. The molecular weight excluding hydrogens is 300 g/mol. The third-order valence-corrected chi connectivity index (χ3v) is 5.56. The summed E-state index contributed by atoms with van der Waals surface area (Å²) in [5.41, 5.74) is 5.04. The zero-order valence-electron chi connectivity index (χ0n) is 9.63. The van der Waals surface area contributed by atoms with E-state index in [-0.39, 0.29) is 23.9 Å². The fourth-order valence-electron chi connectivity index (χ4n) is 1.21. The first kappa shape index (κ1) is 15.4. The number of thiophene rings is 1. The molecule has 9 heteroatoms. The molecule has 1 aromatic rings. The molecule has 0 saturated heterocycles. The quantitative estimate of drug-likeness (QED) is 0.795. The summed E-state index contributed by atoms with van der Waals surface area (Å²) < 4.78 is 30.6. The van der Waals surface area contributed by atoms with Gasteiger partial charge in [0.25, 0.3) is 10.0 Å². The van der Waals surface area contributed by atoms with E-state index in [1.54, 1.807) is 0 Å². The summed E-state index contributed by atoms with van der Waals surface area (Å²) in [6.07, 6.45) is 0. The predicted octanol–water partition coefficient (Wildman–Crippen LogP) is 0.524. The lowest BCUT2D eigenvalue weighted by molar-refractivity contribution is -0.118. The highest BCUT2D eigenvalue weighted by molar-refractivity contribution is 7.91. The van der Waals surface area contributed by atoms with Gasteiger partial charge >= 0.3 is 0 Å². The van der Waals surface area contributed by atoms with E-state index in [2.05, 4.69) is 0 Å². The molecule has 1 heterocycles. The molecule has 1 amide bonds. The molecule has 1 rings (SSSR count). The number of carbonyl (C=O) groups excluding carboxylic acids is 1. The van der Waals surface area contributed by atoms with Gasteiger partial charge in [0.1, 0.15) is 4.21 Å². The molecule has 0 fully saturated rings. The molecule has 0 aliphatic rings. The molecule has 18 heavy (non-hydrogen) atoms. The van der Waals surface area contributed by atoms with Crippen molar-refractivity contribution in [3.05, 3.63) is 16.5 Å². The summed E-state index contributed by atoms with van der Waals surface area (Å²) in [4.78, 5) is 10.9. The van der Waals surface area contributed by atoms with Crippen LogP contribution in [0.1, 0.15) is 0 Å². The van der Waals surface area contributed by atoms with Crippen molar-refractivity contribution in [2.24, 2.45) is 5.73 Å². The van der Waals surface area contributed by atoms with Gasteiger partial charge < -0.3 is 10.5 Å². The maximum absolute atomic E-state index is 12.2. The number of sulfonamides is 1. The second-order valence-corrected chi connectivity index (χ2v) is 7.24. The molecule has 0 aliphatic heterocycles. The largest absolute Gasteiger partial charge is 0.383 e. The van der Waals surface area contributed by atoms with Crippen molar-refractivity contribution in [1.29, 1.82) is 0 Å². The Kier molecular flexibility index (Phi) is 5.54. The number of amides is 1. The third-order valence-electron chi connectivity index (χ3n) is 2.02. The molecule has 2 N–H and O–H groups in total. The number of hydrogen-bond donors (Lipinski definition) is 1. The van der Waals surface area contributed by atoms with Crippen LogP contribution in [0.5, 0.6) is 0 Å². The van der Waals surface area contributed by atoms with Gasteiger partial charge in [-0.25, -0.2) is 8.42 Å². The van der Waals surface area contributed by atoms with Crippen molar-refractivity contribution in [3.8, 4) is 0 Å². The number of rotatable bonds is 7. The average molecular weight is 313 g/mol. The number of nitrogens with zero attached hydrogens (tertiary/aromatic N) is 1. The van der Waals surface area contributed by atoms with Crippen LogP contribution in [0.15, 0.2) is 16.3 Å². The lowest BCUT2D eigenvalue weighted by atomic mass is 10.6. The number of methoxy groups -OCH3 is 1. The molecule has 0 spiro atoms. The molecule has 1 aromatic heterocycles. The number of primary amides is 1. The molecule has 0 bridgehead atoms. The minimum atomic E-state index is -3.76. The molecule has 0 radical (unpaired) electrons. The van der Waals surface area contributed by atoms with Gasteiger partial charge in [0.15, 0.2) is 0 Å². The molecule has 102 valence electrons. The molecule has 0 aliphatic carbocycles. The van der Waals surface area contributed by atoms with E-state index < -0.39 is 15.9 Å². The third kappa shape index (κ3) is 3.92. The Labute approximate surface area is 114 Å². The van der Waals surface area contributed by atoms with Gasteiger partial charge in [-0.1, -0.05) is 11.6 Å². The molecule has 0 aromatic carbocycles. The van der Waals surface area contributed by atoms with E-state index in [0.29, 0.717) is 4.34 Å². The Balaban J connectivity index is 2.98. The summed E-state index contributed by atoms with van der Waals surface area (Å²) in [7, 11) is -2.32. The first-order valence-electron chi connectivity index (χ1n) is 4.90. The standard InChI is InChI=1S/C9H13ClN2O4S2/c1-16-5-4-12(6-8(11)13)18(14,15)9-3-2-7(10)17-9/h2-3H,4-6H2,1H3,(H2,11,13). The fraction of sp³-hybridized carbons (Fsp3) is 0.444. The Morgan fingerprint density at radius 2 is 2.22 bits per heavy atom. The van der Waals surface area contributed by atoms with Crippen LogP contribution >= 0.6 is 22.9 Å². The van der Waals surface area contributed by atoms with Gasteiger partial charge in [0.2, 0.25) is 5.91 Å². The molecule has 6 nitrogen and oxygen atoms in total. The second kappa shape index (κ2) is 6.48. The molecule has 0 saturated carbocycles. The van der Waals surface area contributed by atoms with Crippen LogP contribution in [0, 0.1) is 0 Å². The van der Waals surface area contributed by atoms with Crippen LogP contribution in [-0.4, -0.2) is 45.4 Å². The number of halogens is 1. The summed E-state index contributed by atoms with van der Waals surface area (Å²) in [5.74, 6) is -0.725. The number of carbonyl (C=O) groups is 1. The van der Waals surface area contributed by atoms with Gasteiger partial charge in [-0.05, 0) is 12.1 Å². The van der Waals surface area contributed by atoms with E-state index in [1.165, 1.54) is 19.2 Å². The summed E-state index contributed by atoms with van der Waals surface area (Å²) >= 11 is 6.63. The Morgan fingerprint density at radius 1 is 1.56 bits per heavy atom. The lowest BCUT2D eigenvalue weighted by Gasteiger charge is -2.19. The molecule has 0 atom stereocenters. The first-order valence-corrected chi connectivity index (χ1v) is 7.54. The van der Waals surface area contributed by atoms with E-state index in [9.17, 15) is 13.2 Å². The number of hydrogen-bond acceptors (Lipinski definition) is 5.